The Morgan fingerprint density at radius 1 is 1.10 bits per heavy atom. The number of hydrogen-bond donors (Lipinski definition) is 0. The van der Waals surface area contributed by atoms with Crippen molar-refractivity contribution in [3.05, 3.63) is 33.2 Å². The molecule has 2 amide bonds. The predicted octanol–water partition coefficient (Wildman–Crippen LogP) is 1.59. The largest absolute Gasteiger partial charge is 0.333 e. The van der Waals surface area contributed by atoms with E-state index < -0.39 is 0 Å². The van der Waals surface area contributed by atoms with E-state index in [1.54, 1.807) is 31.6 Å². The Hall–Kier alpha value is -1.80. The fraction of sp³-hybridized carbons (Fsp3) is 0.385. The molecule has 1 aliphatic heterocycles. The molecule has 2 aromatic rings. The minimum atomic E-state index is -0.0659. The maximum Gasteiger partial charge on any atom is 0.273 e. The lowest BCUT2D eigenvalue weighted by Crippen LogP contribution is -2.55. The van der Waals surface area contributed by atoms with Gasteiger partial charge in [-0.15, -0.1) is 22.7 Å². The molecule has 8 heteroatoms. The van der Waals surface area contributed by atoms with Crippen molar-refractivity contribution in [3.8, 4) is 0 Å². The van der Waals surface area contributed by atoms with E-state index in [0.29, 0.717) is 31.0 Å². The summed E-state index contributed by atoms with van der Waals surface area (Å²) in [7, 11) is 0. The molecule has 1 aliphatic rings. The lowest BCUT2D eigenvalue weighted by molar-refractivity contribution is 0.0409. The van der Waals surface area contributed by atoms with Gasteiger partial charge in [-0.1, -0.05) is 0 Å². The molecule has 0 N–H and O–H groups in total. The molecule has 0 aromatic carbocycles. The average molecular weight is 322 g/mol. The zero-order valence-electron chi connectivity index (χ0n) is 11.4. The van der Waals surface area contributed by atoms with Crippen LogP contribution in [-0.2, 0) is 0 Å². The van der Waals surface area contributed by atoms with Crippen LogP contribution in [0.4, 0.5) is 0 Å². The van der Waals surface area contributed by atoms with Crippen LogP contribution < -0.4 is 0 Å². The third-order valence-corrected chi connectivity index (χ3v) is 4.65. The highest BCUT2D eigenvalue weighted by Gasteiger charge is 2.31. The number of rotatable bonds is 2. The summed E-state index contributed by atoms with van der Waals surface area (Å²) in [5, 5.41) is 3.50. The van der Waals surface area contributed by atoms with Crippen molar-refractivity contribution in [2.24, 2.45) is 0 Å². The van der Waals surface area contributed by atoms with Gasteiger partial charge in [-0.05, 0) is 6.92 Å². The van der Waals surface area contributed by atoms with Gasteiger partial charge in [0.25, 0.3) is 11.8 Å². The topological polar surface area (TPSA) is 66.4 Å². The summed E-state index contributed by atoms with van der Waals surface area (Å²) < 4.78 is 0. The summed E-state index contributed by atoms with van der Waals surface area (Å²) >= 11 is 2.81. The molecule has 1 saturated heterocycles. The number of thiazole rings is 2. The van der Waals surface area contributed by atoms with Crippen LogP contribution in [0.25, 0.3) is 0 Å². The maximum atomic E-state index is 12.3. The van der Waals surface area contributed by atoms with Gasteiger partial charge in [0.05, 0.1) is 11.0 Å². The fourth-order valence-electron chi connectivity index (χ4n) is 2.39. The van der Waals surface area contributed by atoms with Crippen LogP contribution in [0.3, 0.4) is 0 Å². The molecule has 0 bridgehead atoms. The zero-order valence-corrected chi connectivity index (χ0v) is 13.1. The van der Waals surface area contributed by atoms with Gasteiger partial charge in [0.15, 0.2) is 0 Å². The summed E-state index contributed by atoms with van der Waals surface area (Å²) in [6.07, 6.45) is 0. The van der Waals surface area contributed by atoms with Crippen LogP contribution >= 0.6 is 22.7 Å². The molecule has 0 radical (unpaired) electrons. The molecule has 1 atom stereocenters. The lowest BCUT2D eigenvalue weighted by Gasteiger charge is -2.39. The Kier molecular flexibility index (Phi) is 3.98. The van der Waals surface area contributed by atoms with Gasteiger partial charge in [-0.2, -0.15) is 0 Å². The maximum absolute atomic E-state index is 12.3. The summed E-state index contributed by atoms with van der Waals surface area (Å²) in [6.45, 7) is 3.51. The molecule has 0 spiro atoms. The van der Waals surface area contributed by atoms with Crippen LogP contribution in [0.2, 0.25) is 0 Å². The Morgan fingerprint density at radius 2 is 1.71 bits per heavy atom. The monoisotopic (exact) mass is 322 g/mol. The van der Waals surface area contributed by atoms with Crippen molar-refractivity contribution in [1.82, 2.24) is 19.8 Å². The molecule has 2 aromatic heterocycles. The highest BCUT2D eigenvalue weighted by atomic mass is 32.1. The standard InChI is InChI=1S/C13H14N4O2S2/c1-9-4-16(12(18)10-5-20-7-14-10)2-3-17(9)13(19)11-6-21-8-15-11/h5-9H,2-4H2,1H3/t9-/m1/s1. The normalized spacial score (nSPS) is 18.8. The number of amides is 2. The molecule has 1 fully saturated rings. The summed E-state index contributed by atoms with van der Waals surface area (Å²) in [5.74, 6) is -0.131. The molecule has 6 nitrogen and oxygen atoms in total. The number of carbonyl (C=O) groups is 2. The first-order valence-corrected chi connectivity index (χ1v) is 8.42. The molecule has 3 heterocycles. The molecular weight excluding hydrogens is 308 g/mol. The number of hydrogen-bond acceptors (Lipinski definition) is 6. The smallest absolute Gasteiger partial charge is 0.273 e. The van der Waals surface area contributed by atoms with Crippen molar-refractivity contribution in [2.45, 2.75) is 13.0 Å². The lowest BCUT2D eigenvalue weighted by atomic mass is 10.1. The second-order valence-electron chi connectivity index (χ2n) is 4.85. The quantitative estimate of drug-likeness (QED) is 0.842. The minimum absolute atomic E-state index is 0.0319. The minimum Gasteiger partial charge on any atom is -0.333 e. The third-order valence-electron chi connectivity index (χ3n) is 3.48. The average Bonchev–Trinajstić information content (AvgIpc) is 3.18. The summed E-state index contributed by atoms with van der Waals surface area (Å²) in [4.78, 5) is 36.2. The number of nitrogens with zero attached hydrogens (tertiary/aromatic N) is 4. The van der Waals surface area contributed by atoms with Crippen molar-refractivity contribution in [1.29, 1.82) is 0 Å². The van der Waals surface area contributed by atoms with Crippen LogP contribution in [-0.4, -0.2) is 57.3 Å². The van der Waals surface area contributed by atoms with Gasteiger partial charge >= 0.3 is 0 Å². The second kappa shape index (κ2) is 5.90. The van der Waals surface area contributed by atoms with Crippen LogP contribution in [0.15, 0.2) is 21.8 Å². The zero-order chi connectivity index (χ0) is 14.8. The van der Waals surface area contributed by atoms with Crippen LogP contribution in [0.5, 0.6) is 0 Å². The summed E-state index contributed by atoms with van der Waals surface area (Å²) in [5.41, 5.74) is 4.26. The molecule has 3 rings (SSSR count). The second-order valence-corrected chi connectivity index (χ2v) is 6.28. The Morgan fingerprint density at radius 3 is 2.24 bits per heavy atom. The van der Waals surface area contributed by atoms with Gasteiger partial charge in [0.2, 0.25) is 0 Å². The van der Waals surface area contributed by atoms with E-state index in [4.69, 9.17) is 0 Å². The van der Waals surface area contributed by atoms with Crippen LogP contribution in [0, 0.1) is 0 Å². The van der Waals surface area contributed by atoms with Gasteiger partial charge in [-0.25, -0.2) is 9.97 Å². The molecule has 21 heavy (non-hydrogen) atoms. The molecule has 0 unspecified atom stereocenters. The van der Waals surface area contributed by atoms with E-state index in [1.807, 2.05) is 6.92 Å². The van der Waals surface area contributed by atoms with E-state index in [2.05, 4.69) is 9.97 Å². The third kappa shape index (κ3) is 2.81. The van der Waals surface area contributed by atoms with Gasteiger partial charge in [0, 0.05) is 36.4 Å². The SMILES string of the molecule is C[C@@H]1CN(C(=O)c2cscn2)CCN1C(=O)c1cscn1. The van der Waals surface area contributed by atoms with Gasteiger partial charge in [0.1, 0.15) is 11.4 Å². The van der Waals surface area contributed by atoms with E-state index in [0.717, 1.165) is 0 Å². The Balaban J connectivity index is 1.67. The number of carbonyl (C=O) groups excluding carboxylic acids is 2. The van der Waals surface area contributed by atoms with Crippen molar-refractivity contribution < 1.29 is 9.59 Å². The predicted molar refractivity (Wildman–Crippen MR) is 80.6 cm³/mol. The Bertz CT molecular complexity index is 627. The fourth-order valence-corrected chi connectivity index (χ4v) is 3.44. The van der Waals surface area contributed by atoms with Crippen molar-refractivity contribution in [3.63, 3.8) is 0 Å². The number of piperazine rings is 1. The first-order chi connectivity index (χ1) is 10.2. The van der Waals surface area contributed by atoms with Crippen molar-refractivity contribution in [2.75, 3.05) is 19.6 Å². The Labute approximate surface area is 130 Å². The first-order valence-electron chi connectivity index (χ1n) is 6.53. The highest BCUT2D eigenvalue weighted by Crippen LogP contribution is 2.16. The first kappa shape index (κ1) is 14.2. The highest BCUT2D eigenvalue weighted by molar-refractivity contribution is 7.08. The van der Waals surface area contributed by atoms with Gasteiger partial charge in [-0.3, -0.25) is 9.59 Å². The molecule has 0 aliphatic carbocycles. The van der Waals surface area contributed by atoms with Crippen molar-refractivity contribution >= 4 is 34.5 Å². The molecule has 110 valence electrons. The molecular formula is C13H14N4O2S2. The van der Waals surface area contributed by atoms with E-state index in [1.165, 1.54) is 22.7 Å². The molecule has 0 saturated carbocycles. The van der Waals surface area contributed by atoms with Crippen LogP contribution in [0.1, 0.15) is 27.9 Å². The van der Waals surface area contributed by atoms with E-state index >= 15 is 0 Å². The number of aromatic nitrogens is 2. The summed E-state index contributed by atoms with van der Waals surface area (Å²) in [6, 6.07) is -0.0319. The van der Waals surface area contributed by atoms with E-state index in [-0.39, 0.29) is 17.9 Å². The van der Waals surface area contributed by atoms with Gasteiger partial charge < -0.3 is 9.80 Å². The van der Waals surface area contributed by atoms with E-state index in [9.17, 15) is 9.59 Å².